The highest BCUT2D eigenvalue weighted by Crippen LogP contribution is 2.33. The molecular formula is C16H24N2O. The highest BCUT2D eigenvalue weighted by molar-refractivity contribution is 5.60. The van der Waals surface area contributed by atoms with Crippen LogP contribution in [0, 0.1) is 0 Å². The molecule has 1 aromatic rings. The Morgan fingerprint density at radius 2 is 2.21 bits per heavy atom. The van der Waals surface area contributed by atoms with Crippen LogP contribution in [0.3, 0.4) is 0 Å². The standard InChI is InChI=1S/C16H24N2O/c1-16(2)11-18-14-10-12(6-7-15(14)19-16)9-13-5-3-4-8-17-13/h6-7,10,13,17-18H,3-5,8-9,11H2,1-2H3. The second-order valence-corrected chi connectivity index (χ2v) is 6.40. The molecule has 0 spiro atoms. The largest absolute Gasteiger partial charge is 0.484 e. The van der Waals surface area contributed by atoms with E-state index in [1.165, 1.54) is 31.4 Å². The van der Waals surface area contributed by atoms with Crippen molar-refractivity contribution in [3.8, 4) is 5.75 Å². The van der Waals surface area contributed by atoms with Crippen molar-refractivity contribution >= 4 is 5.69 Å². The third kappa shape index (κ3) is 3.03. The fourth-order valence-electron chi connectivity index (χ4n) is 2.96. The summed E-state index contributed by atoms with van der Waals surface area (Å²) in [5.74, 6) is 0.983. The molecule has 1 unspecified atom stereocenters. The Kier molecular flexibility index (Phi) is 3.40. The molecule has 3 rings (SSSR count). The normalized spacial score (nSPS) is 25.1. The summed E-state index contributed by atoms with van der Waals surface area (Å²) < 4.78 is 5.99. The van der Waals surface area contributed by atoms with Crippen molar-refractivity contribution in [3.63, 3.8) is 0 Å². The molecule has 2 aliphatic heterocycles. The Bertz CT molecular complexity index is 450. The summed E-state index contributed by atoms with van der Waals surface area (Å²) in [6.45, 7) is 6.27. The molecule has 0 aromatic heterocycles. The molecule has 3 nitrogen and oxygen atoms in total. The topological polar surface area (TPSA) is 33.3 Å². The Balaban J connectivity index is 1.71. The minimum absolute atomic E-state index is 0.112. The number of fused-ring (bicyclic) bond motifs is 1. The van der Waals surface area contributed by atoms with E-state index in [9.17, 15) is 0 Å². The van der Waals surface area contributed by atoms with Gasteiger partial charge in [-0.15, -0.1) is 0 Å². The summed E-state index contributed by atoms with van der Waals surface area (Å²) in [7, 11) is 0. The maximum Gasteiger partial charge on any atom is 0.143 e. The molecule has 0 radical (unpaired) electrons. The first-order valence-corrected chi connectivity index (χ1v) is 7.42. The number of piperidine rings is 1. The molecule has 1 aromatic carbocycles. The quantitative estimate of drug-likeness (QED) is 0.857. The first-order valence-electron chi connectivity index (χ1n) is 7.42. The van der Waals surface area contributed by atoms with Crippen LogP contribution in [0.15, 0.2) is 18.2 Å². The van der Waals surface area contributed by atoms with Crippen LogP contribution >= 0.6 is 0 Å². The average Bonchev–Trinajstić information content (AvgIpc) is 2.39. The highest BCUT2D eigenvalue weighted by atomic mass is 16.5. The van der Waals surface area contributed by atoms with E-state index in [-0.39, 0.29) is 5.60 Å². The monoisotopic (exact) mass is 260 g/mol. The summed E-state index contributed by atoms with van der Waals surface area (Å²) in [5, 5.41) is 7.09. The third-order valence-electron chi connectivity index (χ3n) is 4.03. The molecule has 0 bridgehead atoms. The van der Waals surface area contributed by atoms with Crippen LogP contribution in [0.4, 0.5) is 5.69 Å². The minimum Gasteiger partial charge on any atom is -0.484 e. The second kappa shape index (κ2) is 5.04. The molecule has 0 aliphatic carbocycles. The first kappa shape index (κ1) is 12.8. The molecule has 104 valence electrons. The van der Waals surface area contributed by atoms with E-state index in [0.717, 1.165) is 24.4 Å². The van der Waals surface area contributed by atoms with Crippen molar-refractivity contribution in [1.29, 1.82) is 0 Å². The van der Waals surface area contributed by atoms with Gasteiger partial charge in [0.2, 0.25) is 0 Å². The van der Waals surface area contributed by atoms with Gasteiger partial charge in [0, 0.05) is 6.04 Å². The summed E-state index contributed by atoms with van der Waals surface area (Å²) in [6.07, 6.45) is 5.11. The van der Waals surface area contributed by atoms with E-state index in [1.54, 1.807) is 0 Å². The average molecular weight is 260 g/mol. The number of nitrogens with one attached hydrogen (secondary N) is 2. The van der Waals surface area contributed by atoms with E-state index < -0.39 is 0 Å². The predicted octanol–water partition coefficient (Wildman–Crippen LogP) is 2.95. The third-order valence-corrected chi connectivity index (χ3v) is 4.03. The van der Waals surface area contributed by atoms with E-state index in [4.69, 9.17) is 4.74 Å². The van der Waals surface area contributed by atoms with Gasteiger partial charge in [-0.05, 0) is 57.4 Å². The van der Waals surface area contributed by atoms with Crippen LogP contribution < -0.4 is 15.4 Å². The molecule has 19 heavy (non-hydrogen) atoms. The lowest BCUT2D eigenvalue weighted by atomic mass is 9.97. The summed E-state index contributed by atoms with van der Waals surface area (Å²) in [4.78, 5) is 0. The Morgan fingerprint density at radius 1 is 1.32 bits per heavy atom. The van der Waals surface area contributed by atoms with Crippen LogP contribution in [-0.2, 0) is 6.42 Å². The van der Waals surface area contributed by atoms with E-state index in [2.05, 4.69) is 42.7 Å². The lowest BCUT2D eigenvalue weighted by Gasteiger charge is -2.34. The second-order valence-electron chi connectivity index (χ2n) is 6.40. The summed E-state index contributed by atoms with van der Waals surface area (Å²) in [5.41, 5.74) is 2.43. The van der Waals surface area contributed by atoms with Crippen molar-refractivity contribution in [2.45, 2.75) is 51.2 Å². The van der Waals surface area contributed by atoms with Gasteiger partial charge in [-0.3, -0.25) is 0 Å². The molecule has 2 N–H and O–H groups in total. The molecule has 1 saturated heterocycles. The predicted molar refractivity (Wildman–Crippen MR) is 79.0 cm³/mol. The van der Waals surface area contributed by atoms with Gasteiger partial charge in [0.25, 0.3) is 0 Å². The fourth-order valence-corrected chi connectivity index (χ4v) is 2.96. The van der Waals surface area contributed by atoms with Gasteiger partial charge in [0.05, 0.1) is 12.2 Å². The van der Waals surface area contributed by atoms with Crippen LogP contribution in [-0.4, -0.2) is 24.7 Å². The van der Waals surface area contributed by atoms with Crippen LogP contribution in [0.25, 0.3) is 0 Å². The maximum atomic E-state index is 5.99. The number of rotatable bonds is 2. The summed E-state index contributed by atoms with van der Waals surface area (Å²) >= 11 is 0. The molecule has 0 saturated carbocycles. The number of ether oxygens (including phenoxy) is 1. The molecule has 1 fully saturated rings. The first-order chi connectivity index (χ1) is 9.12. The number of benzene rings is 1. The van der Waals surface area contributed by atoms with Crippen LogP contribution in [0.5, 0.6) is 5.75 Å². The number of hydrogen-bond donors (Lipinski definition) is 2. The van der Waals surface area contributed by atoms with Gasteiger partial charge in [-0.25, -0.2) is 0 Å². The van der Waals surface area contributed by atoms with E-state index >= 15 is 0 Å². The minimum atomic E-state index is -0.112. The zero-order chi connectivity index (χ0) is 13.3. The number of anilines is 1. The Morgan fingerprint density at radius 3 is 3.00 bits per heavy atom. The highest BCUT2D eigenvalue weighted by Gasteiger charge is 2.26. The smallest absolute Gasteiger partial charge is 0.143 e. The molecular weight excluding hydrogens is 236 g/mol. The van der Waals surface area contributed by atoms with Crippen molar-refractivity contribution in [1.82, 2.24) is 5.32 Å². The van der Waals surface area contributed by atoms with E-state index in [0.29, 0.717) is 6.04 Å². The lowest BCUT2D eigenvalue weighted by Crippen LogP contribution is -2.40. The van der Waals surface area contributed by atoms with Crippen molar-refractivity contribution in [2.24, 2.45) is 0 Å². The molecule has 2 heterocycles. The van der Waals surface area contributed by atoms with Gasteiger partial charge in [0.1, 0.15) is 11.4 Å². The molecule has 0 amide bonds. The SMILES string of the molecule is CC1(C)CNc2cc(CC3CCCCN3)ccc2O1. The van der Waals surface area contributed by atoms with Crippen molar-refractivity contribution < 1.29 is 4.74 Å². The van der Waals surface area contributed by atoms with Crippen molar-refractivity contribution in [3.05, 3.63) is 23.8 Å². The Labute approximate surface area is 115 Å². The van der Waals surface area contributed by atoms with Gasteiger partial charge in [0.15, 0.2) is 0 Å². The molecule has 2 aliphatic rings. The van der Waals surface area contributed by atoms with Gasteiger partial charge in [-0.2, -0.15) is 0 Å². The van der Waals surface area contributed by atoms with Crippen LogP contribution in [0.2, 0.25) is 0 Å². The summed E-state index contributed by atoms with van der Waals surface area (Å²) in [6, 6.07) is 7.22. The Hall–Kier alpha value is -1.22. The van der Waals surface area contributed by atoms with Gasteiger partial charge >= 0.3 is 0 Å². The lowest BCUT2D eigenvalue weighted by molar-refractivity contribution is 0.116. The zero-order valence-corrected chi connectivity index (χ0v) is 12.0. The van der Waals surface area contributed by atoms with Crippen LogP contribution in [0.1, 0.15) is 38.7 Å². The van der Waals surface area contributed by atoms with Gasteiger partial charge in [-0.1, -0.05) is 12.5 Å². The van der Waals surface area contributed by atoms with E-state index in [1.807, 2.05) is 0 Å². The van der Waals surface area contributed by atoms with Gasteiger partial charge < -0.3 is 15.4 Å². The zero-order valence-electron chi connectivity index (χ0n) is 12.0. The molecule has 1 atom stereocenters. The maximum absolute atomic E-state index is 5.99. The van der Waals surface area contributed by atoms with Crippen molar-refractivity contribution in [2.75, 3.05) is 18.4 Å². The fraction of sp³-hybridized carbons (Fsp3) is 0.625. The molecule has 3 heteroatoms. The number of hydrogen-bond acceptors (Lipinski definition) is 3.